The molecule has 1 atom stereocenters. The number of alkyl halides is 2. The van der Waals surface area contributed by atoms with E-state index in [9.17, 15) is 13.3 Å². The van der Waals surface area contributed by atoms with E-state index in [1.54, 1.807) is 6.07 Å². The number of fused-ring (bicyclic) bond motifs is 1. The molecule has 0 saturated heterocycles. The summed E-state index contributed by atoms with van der Waals surface area (Å²) in [6, 6.07) is 15.0. The molecular weight excluding hydrogens is 447 g/mol. The van der Waals surface area contributed by atoms with E-state index in [2.05, 4.69) is 33.5 Å². The van der Waals surface area contributed by atoms with Crippen LogP contribution in [-0.4, -0.2) is 14.8 Å². The highest BCUT2D eigenvalue weighted by molar-refractivity contribution is 9.10. The van der Waals surface area contributed by atoms with Gasteiger partial charge in [0.05, 0.1) is 16.5 Å². The molecule has 0 aliphatic heterocycles. The highest BCUT2D eigenvalue weighted by atomic mass is 79.9. The summed E-state index contributed by atoms with van der Waals surface area (Å²) in [4.78, 5) is 22.3. The van der Waals surface area contributed by atoms with Crippen molar-refractivity contribution >= 4 is 47.1 Å². The smallest absolute Gasteiger partial charge is 0.320 e. The molecule has 136 valence electrons. The van der Waals surface area contributed by atoms with Crippen LogP contribution in [0, 0.1) is 0 Å². The standard InChI is InChI=1S/C17H13BrF2NO3PS/c18-13-9-11(5-7-12(13)17(19,20)25(22,23)24)16(26)15-8-6-10-3-1-2-4-14(10)21-15/h1-9,16,26H,(H2,22,23,24). The molecule has 2 N–H and O–H groups in total. The van der Waals surface area contributed by atoms with Gasteiger partial charge in [-0.3, -0.25) is 9.55 Å². The van der Waals surface area contributed by atoms with E-state index in [4.69, 9.17) is 9.79 Å². The minimum absolute atomic E-state index is 0.108. The molecule has 1 unspecified atom stereocenters. The van der Waals surface area contributed by atoms with Crippen LogP contribution in [0.5, 0.6) is 0 Å². The maximum absolute atomic E-state index is 13.9. The molecule has 3 aromatic rings. The lowest BCUT2D eigenvalue weighted by molar-refractivity contribution is 0.0557. The number of halogens is 3. The van der Waals surface area contributed by atoms with E-state index in [0.717, 1.165) is 17.0 Å². The van der Waals surface area contributed by atoms with Crippen molar-refractivity contribution in [1.82, 2.24) is 4.98 Å². The fraction of sp³-hybridized carbons (Fsp3) is 0.118. The quantitative estimate of drug-likeness (QED) is 0.368. The molecule has 9 heteroatoms. The first kappa shape index (κ1) is 19.5. The number of pyridine rings is 1. The molecule has 2 aromatic carbocycles. The van der Waals surface area contributed by atoms with E-state index >= 15 is 0 Å². The molecule has 0 radical (unpaired) electrons. The Labute approximate surface area is 162 Å². The van der Waals surface area contributed by atoms with Gasteiger partial charge in [0.1, 0.15) is 0 Å². The van der Waals surface area contributed by atoms with Gasteiger partial charge in [-0.05, 0) is 23.8 Å². The van der Waals surface area contributed by atoms with Crippen LogP contribution in [0.25, 0.3) is 10.9 Å². The number of hydrogen-bond donors (Lipinski definition) is 3. The van der Waals surface area contributed by atoms with Gasteiger partial charge < -0.3 is 9.79 Å². The molecule has 0 amide bonds. The molecular formula is C17H13BrF2NO3PS. The van der Waals surface area contributed by atoms with Crippen molar-refractivity contribution < 1.29 is 23.1 Å². The zero-order chi connectivity index (χ0) is 19.1. The molecule has 4 nitrogen and oxygen atoms in total. The van der Waals surface area contributed by atoms with Crippen LogP contribution in [0.2, 0.25) is 0 Å². The maximum atomic E-state index is 13.9. The normalized spacial score (nSPS) is 13.8. The predicted octanol–water partition coefficient (Wildman–Crippen LogP) is 5.24. The lowest BCUT2D eigenvalue weighted by Crippen LogP contribution is -2.14. The Morgan fingerprint density at radius 3 is 2.46 bits per heavy atom. The minimum atomic E-state index is -5.64. The molecule has 1 aromatic heterocycles. The van der Waals surface area contributed by atoms with Gasteiger partial charge in [0.2, 0.25) is 0 Å². The Kier molecular flexibility index (Phi) is 5.25. The summed E-state index contributed by atoms with van der Waals surface area (Å²) >= 11 is 7.50. The highest BCUT2D eigenvalue weighted by Crippen LogP contribution is 2.60. The van der Waals surface area contributed by atoms with Crippen molar-refractivity contribution in [2.75, 3.05) is 0 Å². The fourth-order valence-electron chi connectivity index (χ4n) is 2.51. The van der Waals surface area contributed by atoms with Crippen LogP contribution >= 0.6 is 36.2 Å². The predicted molar refractivity (Wildman–Crippen MR) is 103 cm³/mol. The number of thiol groups is 1. The topological polar surface area (TPSA) is 70.4 Å². The third kappa shape index (κ3) is 3.57. The molecule has 0 bridgehead atoms. The van der Waals surface area contributed by atoms with Crippen molar-refractivity contribution in [3.05, 3.63) is 75.9 Å². The van der Waals surface area contributed by atoms with Gasteiger partial charge in [-0.2, -0.15) is 21.4 Å². The van der Waals surface area contributed by atoms with Gasteiger partial charge in [-0.1, -0.05) is 52.3 Å². The minimum Gasteiger partial charge on any atom is -0.320 e. The van der Waals surface area contributed by atoms with Gasteiger partial charge in [0.15, 0.2) is 0 Å². The van der Waals surface area contributed by atoms with Crippen molar-refractivity contribution in [2.45, 2.75) is 10.9 Å². The SMILES string of the molecule is O=P(O)(O)C(F)(F)c1ccc(C(S)c2ccc3ccccc3n2)cc1Br. The number of benzene rings is 2. The molecule has 26 heavy (non-hydrogen) atoms. The van der Waals surface area contributed by atoms with E-state index in [0.29, 0.717) is 11.3 Å². The first-order chi connectivity index (χ1) is 12.1. The second kappa shape index (κ2) is 7.02. The first-order valence-corrected chi connectivity index (χ1v) is 10.3. The van der Waals surface area contributed by atoms with E-state index in [1.807, 2.05) is 30.3 Å². The lowest BCUT2D eigenvalue weighted by Gasteiger charge is -2.20. The second-order valence-electron chi connectivity index (χ2n) is 5.66. The van der Waals surface area contributed by atoms with Crippen LogP contribution in [0.4, 0.5) is 8.78 Å². The summed E-state index contributed by atoms with van der Waals surface area (Å²) in [5.74, 6) is 0. The summed E-state index contributed by atoms with van der Waals surface area (Å²) < 4.78 is 38.8. The molecule has 0 aliphatic rings. The number of hydrogen-bond acceptors (Lipinski definition) is 3. The maximum Gasteiger partial charge on any atom is 0.399 e. The summed E-state index contributed by atoms with van der Waals surface area (Å²) in [6.07, 6.45) is 0. The van der Waals surface area contributed by atoms with Gasteiger partial charge in [-0.25, -0.2) is 0 Å². The Morgan fingerprint density at radius 1 is 1.12 bits per heavy atom. The summed E-state index contributed by atoms with van der Waals surface area (Å²) in [5, 5.41) is 0.475. The Hall–Kier alpha value is -1.31. The number of nitrogens with zero attached hydrogens (tertiary/aromatic N) is 1. The average Bonchev–Trinajstić information content (AvgIpc) is 2.59. The summed E-state index contributed by atoms with van der Waals surface area (Å²) in [7, 11) is -5.64. The Balaban J connectivity index is 1.99. The Bertz CT molecular complexity index is 1030. The molecule has 0 fully saturated rings. The van der Waals surface area contributed by atoms with Gasteiger partial charge in [-0.15, -0.1) is 0 Å². The molecule has 1 heterocycles. The van der Waals surface area contributed by atoms with E-state index < -0.39 is 24.1 Å². The van der Waals surface area contributed by atoms with Gasteiger partial charge >= 0.3 is 13.3 Å². The zero-order valence-electron chi connectivity index (χ0n) is 13.1. The van der Waals surface area contributed by atoms with Crippen LogP contribution in [0.15, 0.2) is 59.1 Å². The van der Waals surface area contributed by atoms with Crippen molar-refractivity contribution in [2.24, 2.45) is 0 Å². The van der Waals surface area contributed by atoms with Crippen LogP contribution in [0.1, 0.15) is 22.1 Å². The van der Waals surface area contributed by atoms with Crippen LogP contribution in [-0.2, 0) is 10.2 Å². The Morgan fingerprint density at radius 2 is 1.81 bits per heavy atom. The third-order valence-corrected chi connectivity index (χ3v) is 6.09. The van der Waals surface area contributed by atoms with Crippen molar-refractivity contribution in [3.8, 4) is 0 Å². The number of rotatable bonds is 4. The van der Waals surface area contributed by atoms with Gasteiger partial charge in [0.25, 0.3) is 0 Å². The molecule has 0 spiro atoms. The fourth-order valence-corrected chi connectivity index (χ4v) is 4.12. The van der Waals surface area contributed by atoms with E-state index in [-0.39, 0.29) is 4.47 Å². The van der Waals surface area contributed by atoms with Crippen molar-refractivity contribution in [1.29, 1.82) is 0 Å². The van der Waals surface area contributed by atoms with Crippen LogP contribution in [0.3, 0.4) is 0 Å². The number of aromatic nitrogens is 1. The zero-order valence-corrected chi connectivity index (χ0v) is 16.4. The summed E-state index contributed by atoms with van der Waals surface area (Å²) in [6.45, 7) is 0. The molecule has 0 saturated carbocycles. The van der Waals surface area contributed by atoms with Crippen molar-refractivity contribution in [3.63, 3.8) is 0 Å². The monoisotopic (exact) mass is 459 g/mol. The van der Waals surface area contributed by atoms with Gasteiger partial charge in [0, 0.05) is 15.4 Å². The van der Waals surface area contributed by atoms with Crippen LogP contribution < -0.4 is 0 Å². The largest absolute Gasteiger partial charge is 0.399 e. The molecule has 0 aliphatic carbocycles. The first-order valence-electron chi connectivity index (χ1n) is 7.38. The summed E-state index contributed by atoms with van der Waals surface area (Å²) in [5.41, 5.74) is -3.08. The number of para-hydroxylation sites is 1. The third-order valence-electron chi connectivity index (χ3n) is 3.90. The average molecular weight is 460 g/mol. The van der Waals surface area contributed by atoms with E-state index in [1.165, 1.54) is 12.1 Å². The second-order valence-corrected chi connectivity index (χ2v) is 8.68. The molecule has 3 rings (SSSR count). The highest BCUT2D eigenvalue weighted by Gasteiger charge is 2.51. The lowest BCUT2D eigenvalue weighted by atomic mass is 10.1.